The summed E-state index contributed by atoms with van der Waals surface area (Å²) >= 11 is 0. The van der Waals surface area contributed by atoms with Crippen LogP contribution in [0.1, 0.15) is 25.0 Å². The topological polar surface area (TPSA) is 70.7 Å². The summed E-state index contributed by atoms with van der Waals surface area (Å²) in [5.74, 6) is 0.297. The van der Waals surface area contributed by atoms with Gasteiger partial charge in [-0.05, 0) is 36.1 Å². The highest BCUT2D eigenvalue weighted by Gasteiger charge is 2.31. The van der Waals surface area contributed by atoms with Crippen LogP contribution in [0.4, 0.5) is 11.4 Å². The van der Waals surface area contributed by atoms with Crippen molar-refractivity contribution in [2.75, 3.05) is 30.4 Å². The fraction of sp³-hybridized carbons (Fsp3) is 0.364. The lowest BCUT2D eigenvalue weighted by Gasteiger charge is -2.35. The van der Waals surface area contributed by atoms with Gasteiger partial charge in [0.15, 0.2) is 6.10 Å². The summed E-state index contributed by atoms with van der Waals surface area (Å²) in [5.41, 5.74) is 3.97. The van der Waals surface area contributed by atoms with Gasteiger partial charge in [0, 0.05) is 12.7 Å². The van der Waals surface area contributed by atoms with Crippen LogP contribution in [0.3, 0.4) is 0 Å². The molecule has 0 unspecified atom stereocenters. The number of nitrogens with zero attached hydrogens (tertiary/aromatic N) is 1. The van der Waals surface area contributed by atoms with Crippen molar-refractivity contribution < 1.29 is 14.3 Å². The van der Waals surface area contributed by atoms with E-state index in [0.29, 0.717) is 12.3 Å². The molecule has 28 heavy (non-hydrogen) atoms. The molecule has 2 N–H and O–H groups in total. The molecule has 1 atom stereocenters. The number of rotatable bonds is 6. The van der Waals surface area contributed by atoms with E-state index < -0.39 is 6.10 Å². The standard InChI is InChI=1S/C22H27N3O3/c1-4-15-9-8-10-16(5-2)21(15)24-20(26)14-25-13-19(22(27)23-3)28-18-12-7-6-11-17(18)25/h6-12,19H,4-5,13-14H2,1-3H3,(H,23,27)(H,24,26)/t19-/m0/s1. The molecular formula is C22H27N3O3. The van der Waals surface area contributed by atoms with Gasteiger partial charge in [0.1, 0.15) is 5.75 Å². The summed E-state index contributed by atoms with van der Waals surface area (Å²) in [4.78, 5) is 26.9. The third-order valence-electron chi connectivity index (χ3n) is 5.00. The van der Waals surface area contributed by atoms with E-state index in [-0.39, 0.29) is 18.4 Å². The molecule has 3 rings (SSSR count). The van der Waals surface area contributed by atoms with Crippen molar-refractivity contribution in [3.63, 3.8) is 0 Å². The highest BCUT2D eigenvalue weighted by molar-refractivity contribution is 5.96. The number of fused-ring (bicyclic) bond motifs is 1. The van der Waals surface area contributed by atoms with Crippen LogP contribution in [-0.4, -0.2) is 38.1 Å². The Kier molecular flexibility index (Phi) is 6.19. The van der Waals surface area contributed by atoms with Crippen LogP contribution in [-0.2, 0) is 22.4 Å². The largest absolute Gasteiger partial charge is 0.477 e. The number of nitrogens with one attached hydrogen (secondary N) is 2. The summed E-state index contributed by atoms with van der Waals surface area (Å²) in [7, 11) is 1.58. The molecule has 0 saturated heterocycles. The molecular weight excluding hydrogens is 354 g/mol. The third kappa shape index (κ3) is 4.11. The number of amides is 2. The molecule has 0 spiro atoms. The Bertz CT molecular complexity index is 844. The van der Waals surface area contributed by atoms with E-state index in [1.54, 1.807) is 7.05 Å². The number of hydrogen-bond acceptors (Lipinski definition) is 4. The van der Waals surface area contributed by atoms with Crippen LogP contribution in [0, 0.1) is 0 Å². The molecule has 0 aromatic heterocycles. The van der Waals surface area contributed by atoms with E-state index in [0.717, 1.165) is 35.3 Å². The summed E-state index contributed by atoms with van der Waals surface area (Å²) in [6, 6.07) is 13.6. The van der Waals surface area contributed by atoms with Crippen molar-refractivity contribution in [1.82, 2.24) is 5.32 Å². The number of likely N-dealkylation sites (N-methyl/N-ethyl adjacent to an activating group) is 1. The number of para-hydroxylation sites is 3. The first-order valence-electron chi connectivity index (χ1n) is 9.70. The monoisotopic (exact) mass is 381 g/mol. The number of hydrogen-bond donors (Lipinski definition) is 2. The van der Waals surface area contributed by atoms with E-state index in [1.165, 1.54) is 0 Å². The molecule has 0 aliphatic carbocycles. The molecule has 1 aliphatic rings. The molecule has 0 saturated carbocycles. The summed E-state index contributed by atoms with van der Waals surface area (Å²) in [6.45, 7) is 4.63. The fourth-order valence-corrected chi connectivity index (χ4v) is 3.51. The third-order valence-corrected chi connectivity index (χ3v) is 5.00. The first-order chi connectivity index (χ1) is 13.6. The van der Waals surface area contributed by atoms with E-state index >= 15 is 0 Å². The zero-order valence-electron chi connectivity index (χ0n) is 16.6. The van der Waals surface area contributed by atoms with Gasteiger partial charge in [-0.25, -0.2) is 0 Å². The van der Waals surface area contributed by atoms with Crippen molar-refractivity contribution in [3.8, 4) is 5.75 Å². The van der Waals surface area contributed by atoms with Crippen molar-refractivity contribution in [1.29, 1.82) is 0 Å². The quantitative estimate of drug-likeness (QED) is 0.807. The maximum atomic E-state index is 12.9. The van der Waals surface area contributed by atoms with E-state index in [4.69, 9.17) is 4.74 Å². The minimum absolute atomic E-state index is 0.108. The average Bonchev–Trinajstić information content (AvgIpc) is 2.73. The van der Waals surface area contributed by atoms with Gasteiger partial charge in [-0.15, -0.1) is 0 Å². The number of aryl methyl sites for hydroxylation is 2. The zero-order chi connectivity index (χ0) is 20.1. The SMILES string of the molecule is CCc1cccc(CC)c1NC(=O)CN1C[C@@H](C(=O)NC)Oc2ccccc21. The van der Waals surface area contributed by atoms with Crippen molar-refractivity contribution >= 4 is 23.2 Å². The van der Waals surface area contributed by atoms with Crippen LogP contribution < -0.4 is 20.3 Å². The van der Waals surface area contributed by atoms with Crippen LogP contribution in [0.2, 0.25) is 0 Å². The Hall–Kier alpha value is -3.02. The van der Waals surface area contributed by atoms with Gasteiger partial charge in [0.05, 0.1) is 18.8 Å². The van der Waals surface area contributed by atoms with Crippen LogP contribution >= 0.6 is 0 Å². The first kappa shape index (κ1) is 19.7. The molecule has 2 aromatic rings. The number of benzene rings is 2. The van der Waals surface area contributed by atoms with Gasteiger partial charge in [-0.2, -0.15) is 0 Å². The van der Waals surface area contributed by atoms with Gasteiger partial charge in [-0.3, -0.25) is 9.59 Å². The lowest BCUT2D eigenvalue weighted by molar-refractivity contribution is -0.127. The molecule has 2 amide bonds. The normalized spacial score (nSPS) is 15.4. The number of anilines is 2. The highest BCUT2D eigenvalue weighted by atomic mass is 16.5. The van der Waals surface area contributed by atoms with Crippen molar-refractivity contribution in [2.45, 2.75) is 32.8 Å². The smallest absolute Gasteiger partial charge is 0.262 e. The minimum atomic E-state index is -0.651. The average molecular weight is 381 g/mol. The Morgan fingerprint density at radius 1 is 1.07 bits per heavy atom. The van der Waals surface area contributed by atoms with Crippen LogP contribution in [0.25, 0.3) is 0 Å². The summed E-state index contributed by atoms with van der Waals surface area (Å²) < 4.78 is 5.80. The van der Waals surface area contributed by atoms with Crippen LogP contribution in [0.15, 0.2) is 42.5 Å². The maximum Gasteiger partial charge on any atom is 0.262 e. The van der Waals surface area contributed by atoms with Crippen LogP contribution in [0.5, 0.6) is 5.75 Å². The van der Waals surface area contributed by atoms with Gasteiger partial charge >= 0.3 is 0 Å². The molecule has 1 aliphatic heterocycles. The predicted octanol–water partition coefficient (Wildman–Crippen LogP) is 2.76. The molecule has 0 fully saturated rings. The molecule has 148 valence electrons. The Morgan fingerprint density at radius 3 is 2.39 bits per heavy atom. The van der Waals surface area contributed by atoms with Crippen molar-refractivity contribution in [2.24, 2.45) is 0 Å². The highest BCUT2D eigenvalue weighted by Crippen LogP contribution is 2.33. The summed E-state index contributed by atoms with van der Waals surface area (Å²) in [6.07, 6.45) is 1.05. The van der Waals surface area contributed by atoms with Crippen molar-refractivity contribution in [3.05, 3.63) is 53.6 Å². The Balaban J connectivity index is 1.81. The first-order valence-corrected chi connectivity index (χ1v) is 9.70. The molecule has 0 bridgehead atoms. The fourth-order valence-electron chi connectivity index (χ4n) is 3.51. The number of carbonyl (C=O) groups is 2. The van der Waals surface area contributed by atoms with E-state index in [2.05, 4.69) is 24.5 Å². The minimum Gasteiger partial charge on any atom is -0.477 e. The lowest BCUT2D eigenvalue weighted by atomic mass is 10.0. The maximum absolute atomic E-state index is 12.9. The van der Waals surface area contributed by atoms with Gasteiger partial charge in [0.2, 0.25) is 5.91 Å². The van der Waals surface area contributed by atoms with Gasteiger partial charge in [0.25, 0.3) is 5.91 Å². The molecule has 1 heterocycles. The number of carbonyl (C=O) groups excluding carboxylic acids is 2. The molecule has 2 aromatic carbocycles. The summed E-state index contributed by atoms with van der Waals surface area (Å²) in [5, 5.41) is 5.71. The van der Waals surface area contributed by atoms with Gasteiger partial charge in [-0.1, -0.05) is 44.2 Å². The molecule has 6 nitrogen and oxygen atoms in total. The van der Waals surface area contributed by atoms with E-state index in [9.17, 15) is 9.59 Å². The Morgan fingerprint density at radius 2 is 1.75 bits per heavy atom. The Labute approximate surface area is 165 Å². The molecule has 0 radical (unpaired) electrons. The van der Waals surface area contributed by atoms with Gasteiger partial charge < -0.3 is 20.3 Å². The predicted molar refractivity (Wildman–Crippen MR) is 111 cm³/mol. The molecule has 6 heteroatoms. The van der Waals surface area contributed by atoms with E-state index in [1.807, 2.05) is 47.4 Å². The lowest BCUT2D eigenvalue weighted by Crippen LogP contribution is -2.50. The number of ether oxygens (including phenoxy) is 1. The second-order valence-corrected chi connectivity index (χ2v) is 6.78. The zero-order valence-corrected chi connectivity index (χ0v) is 16.6. The second-order valence-electron chi connectivity index (χ2n) is 6.78. The second kappa shape index (κ2) is 8.78.